The van der Waals surface area contributed by atoms with Gasteiger partial charge in [0.1, 0.15) is 10.9 Å². The second kappa shape index (κ2) is 7.37. The van der Waals surface area contributed by atoms with Crippen molar-refractivity contribution in [2.45, 2.75) is 24.1 Å². The van der Waals surface area contributed by atoms with Crippen LogP contribution in [0.4, 0.5) is 5.69 Å². The highest BCUT2D eigenvalue weighted by Gasteiger charge is 2.17. The van der Waals surface area contributed by atoms with Crippen LogP contribution in [0.25, 0.3) is 21.7 Å². The van der Waals surface area contributed by atoms with Crippen LogP contribution in [-0.2, 0) is 4.79 Å². The molecule has 0 spiro atoms. The van der Waals surface area contributed by atoms with E-state index in [1.54, 1.807) is 0 Å². The Kier molecular flexibility index (Phi) is 4.77. The topological polar surface area (TPSA) is 54.9 Å². The minimum absolute atomic E-state index is 0.0457. The highest BCUT2D eigenvalue weighted by Crippen LogP contribution is 2.29. The lowest BCUT2D eigenvalue weighted by Crippen LogP contribution is -2.22. The number of aryl methyl sites for hydroxylation is 1. The summed E-state index contributed by atoms with van der Waals surface area (Å²) < 4.78 is 0. The first kappa shape index (κ1) is 17.5. The van der Waals surface area contributed by atoms with E-state index in [9.17, 15) is 4.79 Å². The number of benzene rings is 3. The van der Waals surface area contributed by atoms with Crippen LogP contribution in [-0.4, -0.2) is 21.1 Å². The normalized spacial score (nSPS) is 12.2. The van der Waals surface area contributed by atoms with Crippen LogP contribution in [0.15, 0.2) is 71.8 Å². The van der Waals surface area contributed by atoms with Crippen molar-refractivity contribution in [1.29, 1.82) is 0 Å². The summed E-state index contributed by atoms with van der Waals surface area (Å²) in [7, 11) is 0. The molecule has 4 nitrogen and oxygen atoms in total. The van der Waals surface area contributed by atoms with E-state index in [-0.39, 0.29) is 11.2 Å². The van der Waals surface area contributed by atoms with Gasteiger partial charge in [0.05, 0.1) is 10.8 Å². The fourth-order valence-electron chi connectivity index (χ4n) is 2.98. The van der Waals surface area contributed by atoms with Crippen molar-refractivity contribution in [3.63, 3.8) is 0 Å². The van der Waals surface area contributed by atoms with Crippen molar-refractivity contribution in [2.24, 2.45) is 0 Å². The minimum atomic E-state index is -0.283. The van der Waals surface area contributed by atoms with Gasteiger partial charge in [0, 0.05) is 11.1 Å². The fourth-order valence-corrected chi connectivity index (χ4v) is 3.97. The molecule has 0 saturated heterocycles. The molecule has 0 aliphatic heterocycles. The standard InChI is InChI=1S/C22H19N3OS/c1-14(27-22-19-9-5-6-10-20(19)23-15(2)24-22)21(26)25-18-12-11-16-7-3-4-8-17(16)13-18/h3-14H,1-2H3,(H,25,26). The van der Waals surface area contributed by atoms with E-state index in [1.807, 2.05) is 74.5 Å². The molecule has 0 aliphatic carbocycles. The average Bonchev–Trinajstić information content (AvgIpc) is 2.67. The molecule has 1 heterocycles. The number of thioether (sulfide) groups is 1. The highest BCUT2D eigenvalue weighted by atomic mass is 32.2. The lowest BCUT2D eigenvalue weighted by molar-refractivity contribution is -0.115. The number of rotatable bonds is 4. The first-order valence-electron chi connectivity index (χ1n) is 8.80. The van der Waals surface area contributed by atoms with Crippen LogP contribution >= 0.6 is 11.8 Å². The van der Waals surface area contributed by atoms with Crippen LogP contribution in [0.5, 0.6) is 0 Å². The Morgan fingerprint density at radius 2 is 1.70 bits per heavy atom. The maximum absolute atomic E-state index is 12.7. The first-order valence-corrected chi connectivity index (χ1v) is 9.68. The third-order valence-corrected chi connectivity index (χ3v) is 5.46. The summed E-state index contributed by atoms with van der Waals surface area (Å²) in [4.78, 5) is 21.7. The Bertz CT molecular complexity index is 1140. The maximum atomic E-state index is 12.7. The number of carbonyl (C=O) groups excluding carboxylic acids is 1. The Hall–Kier alpha value is -2.92. The SMILES string of the molecule is Cc1nc(SC(C)C(=O)Nc2ccc3ccccc3c2)c2ccccc2n1. The van der Waals surface area contributed by atoms with E-state index in [0.717, 1.165) is 32.4 Å². The molecule has 4 aromatic rings. The summed E-state index contributed by atoms with van der Waals surface area (Å²) in [6.45, 7) is 3.77. The van der Waals surface area contributed by atoms with Gasteiger partial charge in [0.2, 0.25) is 5.91 Å². The summed E-state index contributed by atoms with van der Waals surface area (Å²) in [5.41, 5.74) is 1.70. The third-order valence-electron chi connectivity index (χ3n) is 4.35. The largest absolute Gasteiger partial charge is 0.325 e. The number of nitrogens with zero attached hydrogens (tertiary/aromatic N) is 2. The van der Waals surface area contributed by atoms with Crippen LogP contribution in [0.3, 0.4) is 0 Å². The Labute approximate surface area is 162 Å². The molecule has 134 valence electrons. The molecule has 0 saturated carbocycles. The van der Waals surface area contributed by atoms with Gasteiger partial charge in [-0.25, -0.2) is 9.97 Å². The first-order chi connectivity index (χ1) is 13.1. The minimum Gasteiger partial charge on any atom is -0.325 e. The highest BCUT2D eigenvalue weighted by molar-refractivity contribution is 8.00. The number of aromatic nitrogens is 2. The quantitative estimate of drug-likeness (QED) is 0.394. The smallest absolute Gasteiger partial charge is 0.237 e. The van der Waals surface area contributed by atoms with Crippen molar-refractivity contribution in [2.75, 3.05) is 5.32 Å². The van der Waals surface area contributed by atoms with Gasteiger partial charge in [-0.15, -0.1) is 0 Å². The van der Waals surface area contributed by atoms with Crippen LogP contribution in [0, 0.1) is 6.92 Å². The molecular weight excluding hydrogens is 354 g/mol. The Morgan fingerprint density at radius 1 is 0.963 bits per heavy atom. The lowest BCUT2D eigenvalue weighted by atomic mass is 10.1. The van der Waals surface area contributed by atoms with Gasteiger partial charge >= 0.3 is 0 Å². The number of anilines is 1. The van der Waals surface area contributed by atoms with Crippen molar-refractivity contribution in [3.8, 4) is 0 Å². The number of fused-ring (bicyclic) bond motifs is 2. The monoisotopic (exact) mass is 373 g/mol. The van der Waals surface area contributed by atoms with Crippen LogP contribution < -0.4 is 5.32 Å². The Balaban J connectivity index is 1.54. The van der Waals surface area contributed by atoms with E-state index in [0.29, 0.717) is 5.82 Å². The van der Waals surface area contributed by atoms with E-state index in [4.69, 9.17) is 0 Å². The molecule has 4 rings (SSSR count). The Morgan fingerprint density at radius 3 is 2.56 bits per heavy atom. The molecule has 5 heteroatoms. The van der Waals surface area contributed by atoms with Crippen molar-refractivity contribution < 1.29 is 4.79 Å². The summed E-state index contributed by atoms with van der Waals surface area (Å²) in [6, 6.07) is 21.9. The van der Waals surface area contributed by atoms with Gasteiger partial charge in [0.15, 0.2) is 0 Å². The summed E-state index contributed by atoms with van der Waals surface area (Å²) in [5, 5.41) is 6.79. The molecule has 1 amide bonds. The molecule has 1 aromatic heterocycles. The van der Waals surface area contributed by atoms with Crippen molar-refractivity contribution >= 4 is 45.0 Å². The zero-order valence-electron chi connectivity index (χ0n) is 15.1. The molecule has 0 bridgehead atoms. The number of hydrogen-bond donors (Lipinski definition) is 1. The molecule has 27 heavy (non-hydrogen) atoms. The van der Waals surface area contributed by atoms with Gasteiger partial charge in [0.25, 0.3) is 0 Å². The van der Waals surface area contributed by atoms with E-state index < -0.39 is 0 Å². The number of amides is 1. The van der Waals surface area contributed by atoms with E-state index >= 15 is 0 Å². The van der Waals surface area contributed by atoms with Gasteiger partial charge in [-0.2, -0.15) is 0 Å². The number of carbonyl (C=O) groups is 1. The third kappa shape index (κ3) is 3.78. The zero-order valence-corrected chi connectivity index (χ0v) is 16.0. The van der Waals surface area contributed by atoms with Gasteiger partial charge in [-0.1, -0.05) is 60.3 Å². The molecule has 1 atom stereocenters. The second-order valence-corrected chi connectivity index (χ2v) is 7.73. The summed E-state index contributed by atoms with van der Waals surface area (Å²) in [6.07, 6.45) is 0. The summed E-state index contributed by atoms with van der Waals surface area (Å²) >= 11 is 1.46. The predicted octanol–water partition coefficient (Wildman–Crippen LogP) is 5.21. The molecular formula is C22H19N3OS. The lowest BCUT2D eigenvalue weighted by Gasteiger charge is -2.13. The van der Waals surface area contributed by atoms with Gasteiger partial charge < -0.3 is 5.32 Å². The van der Waals surface area contributed by atoms with Crippen molar-refractivity contribution in [1.82, 2.24) is 9.97 Å². The van der Waals surface area contributed by atoms with E-state index in [1.165, 1.54) is 11.8 Å². The number of para-hydroxylation sites is 1. The molecule has 0 aliphatic rings. The fraction of sp³-hybridized carbons (Fsp3) is 0.136. The molecule has 1 unspecified atom stereocenters. The molecule has 0 radical (unpaired) electrons. The van der Waals surface area contributed by atoms with Gasteiger partial charge in [-0.05, 0) is 42.8 Å². The van der Waals surface area contributed by atoms with E-state index in [2.05, 4.69) is 21.4 Å². The molecule has 0 fully saturated rings. The zero-order chi connectivity index (χ0) is 18.8. The van der Waals surface area contributed by atoms with Crippen molar-refractivity contribution in [3.05, 3.63) is 72.6 Å². The van der Waals surface area contributed by atoms with Gasteiger partial charge in [-0.3, -0.25) is 4.79 Å². The maximum Gasteiger partial charge on any atom is 0.237 e. The number of nitrogens with one attached hydrogen (secondary N) is 1. The average molecular weight is 373 g/mol. The predicted molar refractivity (Wildman–Crippen MR) is 112 cm³/mol. The second-order valence-electron chi connectivity index (χ2n) is 6.40. The summed E-state index contributed by atoms with van der Waals surface area (Å²) in [5.74, 6) is 0.661. The van der Waals surface area contributed by atoms with Crippen LogP contribution in [0.1, 0.15) is 12.7 Å². The molecule has 1 N–H and O–H groups in total. The molecule has 3 aromatic carbocycles. The number of hydrogen-bond acceptors (Lipinski definition) is 4. The van der Waals surface area contributed by atoms with Crippen LogP contribution in [0.2, 0.25) is 0 Å².